The number of benzene rings is 1. The standard InChI is InChI=1S/C18H22N4S2/c1-18(2)12-19-16(21-18)23-10-15-11-24-17-20-14(9-22(15)17)8-13-6-4-3-5-7-13/h3-7,11,14H,8-10,12H2,1-2H3,(H,19,21). The van der Waals surface area contributed by atoms with Gasteiger partial charge in [-0.1, -0.05) is 53.9 Å². The van der Waals surface area contributed by atoms with Gasteiger partial charge in [0.05, 0.1) is 18.1 Å². The third-order valence-corrected chi connectivity index (χ3v) is 6.17. The first-order valence-corrected chi connectivity index (χ1v) is 10.2. The number of thioether (sulfide) groups is 2. The van der Waals surface area contributed by atoms with Crippen molar-refractivity contribution in [3.63, 3.8) is 0 Å². The van der Waals surface area contributed by atoms with Gasteiger partial charge in [0.15, 0.2) is 10.3 Å². The molecule has 24 heavy (non-hydrogen) atoms. The van der Waals surface area contributed by atoms with Gasteiger partial charge in [0, 0.05) is 18.0 Å². The summed E-state index contributed by atoms with van der Waals surface area (Å²) in [5, 5.41) is 7.95. The van der Waals surface area contributed by atoms with Gasteiger partial charge in [0.25, 0.3) is 0 Å². The largest absolute Gasteiger partial charge is 0.358 e. The van der Waals surface area contributed by atoms with Gasteiger partial charge in [-0.3, -0.25) is 9.98 Å². The average Bonchev–Trinajstić information content (AvgIpc) is 3.21. The third-order valence-electron chi connectivity index (χ3n) is 4.30. The predicted molar refractivity (Wildman–Crippen MR) is 106 cm³/mol. The fourth-order valence-corrected chi connectivity index (χ4v) is 5.16. The van der Waals surface area contributed by atoms with E-state index in [0.717, 1.165) is 35.6 Å². The number of fused-ring (bicyclic) bond motifs is 1. The SMILES string of the molecule is CC1(C)CN=C(SCC2=CSC3=NC(Cc4ccccc4)CN23)N1. The molecule has 3 aliphatic rings. The summed E-state index contributed by atoms with van der Waals surface area (Å²) in [5.41, 5.74) is 2.82. The Morgan fingerprint density at radius 1 is 1.33 bits per heavy atom. The van der Waals surface area contributed by atoms with E-state index in [9.17, 15) is 0 Å². The Labute approximate surface area is 151 Å². The van der Waals surface area contributed by atoms with Crippen molar-refractivity contribution in [1.29, 1.82) is 0 Å². The number of amidine groups is 2. The van der Waals surface area contributed by atoms with Crippen LogP contribution in [0.5, 0.6) is 0 Å². The zero-order valence-electron chi connectivity index (χ0n) is 14.0. The van der Waals surface area contributed by atoms with E-state index in [4.69, 9.17) is 4.99 Å². The highest BCUT2D eigenvalue weighted by atomic mass is 32.2. The Bertz CT molecular complexity index is 709. The Morgan fingerprint density at radius 3 is 2.92 bits per heavy atom. The molecule has 0 amide bonds. The number of nitrogens with zero attached hydrogens (tertiary/aromatic N) is 3. The highest BCUT2D eigenvalue weighted by Gasteiger charge is 2.32. The van der Waals surface area contributed by atoms with Crippen LogP contribution >= 0.6 is 23.5 Å². The molecule has 3 heterocycles. The number of hydrogen-bond acceptors (Lipinski definition) is 6. The van der Waals surface area contributed by atoms with Crippen LogP contribution in [-0.4, -0.2) is 45.7 Å². The second kappa shape index (κ2) is 6.48. The van der Waals surface area contributed by atoms with Crippen molar-refractivity contribution in [1.82, 2.24) is 10.2 Å². The minimum Gasteiger partial charge on any atom is -0.358 e. The van der Waals surface area contributed by atoms with Crippen LogP contribution in [0, 0.1) is 0 Å². The van der Waals surface area contributed by atoms with Crippen molar-refractivity contribution in [2.24, 2.45) is 9.98 Å². The lowest BCUT2D eigenvalue weighted by Crippen LogP contribution is -2.38. The molecule has 0 radical (unpaired) electrons. The lowest BCUT2D eigenvalue weighted by atomic mass is 10.1. The molecule has 0 bridgehead atoms. The van der Waals surface area contributed by atoms with Crippen molar-refractivity contribution >= 4 is 33.9 Å². The van der Waals surface area contributed by atoms with E-state index in [0.29, 0.717) is 6.04 Å². The van der Waals surface area contributed by atoms with Crippen molar-refractivity contribution < 1.29 is 0 Å². The third kappa shape index (κ3) is 3.49. The molecular weight excluding hydrogens is 336 g/mol. The van der Waals surface area contributed by atoms with Gasteiger partial charge in [0.2, 0.25) is 0 Å². The molecule has 1 aromatic rings. The van der Waals surface area contributed by atoms with Crippen LogP contribution in [0.2, 0.25) is 0 Å². The van der Waals surface area contributed by atoms with Gasteiger partial charge >= 0.3 is 0 Å². The summed E-state index contributed by atoms with van der Waals surface area (Å²) < 4.78 is 0. The van der Waals surface area contributed by atoms with Crippen LogP contribution in [0.15, 0.2) is 51.4 Å². The van der Waals surface area contributed by atoms with E-state index >= 15 is 0 Å². The van der Waals surface area contributed by atoms with Crippen LogP contribution in [0.25, 0.3) is 0 Å². The molecule has 4 rings (SSSR count). The first-order valence-electron chi connectivity index (χ1n) is 8.29. The van der Waals surface area contributed by atoms with Gasteiger partial charge in [-0.15, -0.1) is 0 Å². The molecule has 0 fully saturated rings. The molecule has 4 nitrogen and oxygen atoms in total. The fourth-order valence-electron chi connectivity index (χ4n) is 3.04. The fraction of sp³-hybridized carbons (Fsp3) is 0.444. The van der Waals surface area contributed by atoms with E-state index in [1.165, 1.54) is 11.3 Å². The van der Waals surface area contributed by atoms with Crippen LogP contribution in [0.1, 0.15) is 19.4 Å². The topological polar surface area (TPSA) is 40.0 Å². The van der Waals surface area contributed by atoms with Gasteiger partial charge in [0.1, 0.15) is 0 Å². The Hall–Kier alpha value is -1.40. The van der Waals surface area contributed by atoms with Crippen molar-refractivity contribution in [2.75, 3.05) is 18.8 Å². The van der Waals surface area contributed by atoms with E-state index < -0.39 is 0 Å². The predicted octanol–water partition coefficient (Wildman–Crippen LogP) is 3.33. The molecule has 6 heteroatoms. The van der Waals surface area contributed by atoms with Crippen LogP contribution in [0.3, 0.4) is 0 Å². The first-order chi connectivity index (χ1) is 11.6. The van der Waals surface area contributed by atoms with Gasteiger partial charge in [-0.2, -0.15) is 0 Å². The quantitative estimate of drug-likeness (QED) is 0.896. The van der Waals surface area contributed by atoms with E-state index in [2.05, 4.69) is 64.8 Å². The van der Waals surface area contributed by atoms with Crippen LogP contribution in [0.4, 0.5) is 0 Å². The Morgan fingerprint density at radius 2 is 2.17 bits per heavy atom. The normalized spacial score (nSPS) is 24.3. The Balaban J connectivity index is 1.32. The number of aliphatic imine (C=N–C) groups is 2. The highest BCUT2D eigenvalue weighted by Crippen LogP contribution is 2.34. The summed E-state index contributed by atoms with van der Waals surface area (Å²) in [6, 6.07) is 11.0. The maximum atomic E-state index is 4.90. The van der Waals surface area contributed by atoms with Crippen molar-refractivity contribution in [3.05, 3.63) is 47.0 Å². The van der Waals surface area contributed by atoms with E-state index in [1.807, 2.05) is 0 Å². The molecule has 0 spiro atoms. The number of hydrogen-bond donors (Lipinski definition) is 1. The smallest absolute Gasteiger partial charge is 0.168 e. The van der Waals surface area contributed by atoms with Crippen molar-refractivity contribution in [2.45, 2.75) is 31.8 Å². The summed E-state index contributed by atoms with van der Waals surface area (Å²) in [6.45, 7) is 6.23. The minimum atomic E-state index is 0.0994. The number of nitrogens with one attached hydrogen (secondary N) is 1. The zero-order valence-corrected chi connectivity index (χ0v) is 15.7. The monoisotopic (exact) mass is 358 g/mol. The van der Waals surface area contributed by atoms with E-state index in [1.54, 1.807) is 23.5 Å². The average molecular weight is 359 g/mol. The summed E-state index contributed by atoms with van der Waals surface area (Å²) in [7, 11) is 0. The van der Waals surface area contributed by atoms with Crippen LogP contribution < -0.4 is 5.32 Å². The lowest BCUT2D eigenvalue weighted by molar-refractivity contribution is 0.507. The first kappa shape index (κ1) is 16.1. The molecule has 1 N–H and O–H groups in total. The van der Waals surface area contributed by atoms with Crippen molar-refractivity contribution in [3.8, 4) is 0 Å². The molecule has 1 unspecified atom stereocenters. The number of rotatable bonds is 4. The van der Waals surface area contributed by atoms with Crippen LogP contribution in [-0.2, 0) is 6.42 Å². The highest BCUT2D eigenvalue weighted by molar-refractivity contribution is 8.17. The second-order valence-electron chi connectivity index (χ2n) is 7.01. The summed E-state index contributed by atoms with van der Waals surface area (Å²) in [6.07, 6.45) is 1.02. The zero-order chi connectivity index (χ0) is 16.6. The maximum absolute atomic E-state index is 4.90. The summed E-state index contributed by atoms with van der Waals surface area (Å²) >= 11 is 3.56. The molecule has 0 saturated carbocycles. The summed E-state index contributed by atoms with van der Waals surface area (Å²) in [5.74, 6) is 0.950. The second-order valence-corrected chi connectivity index (χ2v) is 8.81. The summed E-state index contributed by atoms with van der Waals surface area (Å²) in [4.78, 5) is 11.9. The Kier molecular flexibility index (Phi) is 4.35. The molecule has 0 aromatic heterocycles. The molecule has 0 saturated heterocycles. The van der Waals surface area contributed by atoms with Gasteiger partial charge < -0.3 is 10.2 Å². The van der Waals surface area contributed by atoms with Gasteiger partial charge in [-0.05, 0) is 31.2 Å². The molecule has 1 atom stereocenters. The van der Waals surface area contributed by atoms with Gasteiger partial charge in [-0.25, -0.2) is 0 Å². The molecular formula is C18H22N4S2. The molecule has 126 valence electrons. The molecule has 3 aliphatic heterocycles. The lowest BCUT2D eigenvalue weighted by Gasteiger charge is -2.20. The molecule has 1 aromatic carbocycles. The minimum absolute atomic E-state index is 0.0994. The molecule has 0 aliphatic carbocycles. The maximum Gasteiger partial charge on any atom is 0.168 e. The van der Waals surface area contributed by atoms with E-state index in [-0.39, 0.29) is 5.54 Å².